The van der Waals surface area contributed by atoms with Gasteiger partial charge >= 0.3 is 0 Å². The molecule has 1 aromatic carbocycles. The summed E-state index contributed by atoms with van der Waals surface area (Å²) >= 11 is 1.65. The lowest BCUT2D eigenvalue weighted by Crippen LogP contribution is -2.37. The fraction of sp³-hybridized carbons (Fsp3) is 0.312. The summed E-state index contributed by atoms with van der Waals surface area (Å²) in [5.74, 6) is -0.00949. The van der Waals surface area contributed by atoms with Crippen molar-refractivity contribution < 1.29 is 9.53 Å². The summed E-state index contributed by atoms with van der Waals surface area (Å²) in [7, 11) is 0. The molecule has 3 rings (SSSR count). The predicted molar refractivity (Wildman–Crippen MR) is 79.7 cm³/mol. The Bertz CT molecular complexity index is 547. The van der Waals surface area contributed by atoms with Gasteiger partial charge < -0.3 is 10.1 Å². The fourth-order valence-corrected chi connectivity index (χ4v) is 3.24. The van der Waals surface area contributed by atoms with Crippen LogP contribution >= 0.6 is 11.3 Å². The number of benzene rings is 1. The van der Waals surface area contributed by atoms with Gasteiger partial charge in [-0.2, -0.15) is 0 Å². The average Bonchev–Trinajstić information content (AvgIpc) is 3.18. The highest BCUT2D eigenvalue weighted by molar-refractivity contribution is 7.10. The number of rotatable bonds is 4. The van der Waals surface area contributed by atoms with Crippen LogP contribution in [0.4, 0.5) is 0 Å². The second kappa shape index (κ2) is 6.20. The monoisotopic (exact) mass is 287 g/mol. The van der Waals surface area contributed by atoms with Gasteiger partial charge in [0.15, 0.2) is 0 Å². The zero-order valence-electron chi connectivity index (χ0n) is 11.1. The van der Waals surface area contributed by atoms with E-state index in [1.165, 1.54) is 0 Å². The Kier molecular flexibility index (Phi) is 4.14. The Morgan fingerprint density at radius 3 is 2.75 bits per heavy atom. The van der Waals surface area contributed by atoms with Crippen LogP contribution in [0.5, 0.6) is 0 Å². The van der Waals surface area contributed by atoms with Crippen LogP contribution < -0.4 is 5.32 Å². The van der Waals surface area contributed by atoms with Gasteiger partial charge in [0.1, 0.15) is 6.10 Å². The van der Waals surface area contributed by atoms with Gasteiger partial charge in [-0.15, -0.1) is 11.3 Å². The number of thiophene rings is 1. The molecule has 1 saturated heterocycles. The number of ether oxygens (including phenoxy) is 1. The molecule has 4 heteroatoms. The second-order valence-electron chi connectivity index (χ2n) is 4.87. The lowest BCUT2D eigenvalue weighted by Gasteiger charge is -2.20. The van der Waals surface area contributed by atoms with Crippen molar-refractivity contribution in [3.63, 3.8) is 0 Å². The van der Waals surface area contributed by atoms with E-state index in [1.54, 1.807) is 11.3 Å². The van der Waals surface area contributed by atoms with Crippen molar-refractivity contribution in [2.75, 3.05) is 6.61 Å². The average molecular weight is 287 g/mol. The number of carbonyl (C=O) groups is 1. The molecule has 0 bridgehead atoms. The van der Waals surface area contributed by atoms with Gasteiger partial charge in [0.25, 0.3) is 0 Å². The smallest absolute Gasteiger partial charge is 0.249 e. The molecule has 0 spiro atoms. The van der Waals surface area contributed by atoms with Gasteiger partial charge in [-0.05, 0) is 29.9 Å². The molecule has 0 unspecified atom stereocenters. The third kappa shape index (κ3) is 2.92. The van der Waals surface area contributed by atoms with Crippen molar-refractivity contribution >= 4 is 17.2 Å². The molecule has 1 aromatic heterocycles. The van der Waals surface area contributed by atoms with Gasteiger partial charge in [0.2, 0.25) is 5.91 Å². The van der Waals surface area contributed by atoms with Crippen LogP contribution in [0.25, 0.3) is 0 Å². The highest BCUT2D eigenvalue weighted by Gasteiger charge is 2.27. The molecule has 3 nitrogen and oxygen atoms in total. The molecule has 2 heterocycles. The van der Waals surface area contributed by atoms with Crippen molar-refractivity contribution in [3.8, 4) is 0 Å². The van der Waals surface area contributed by atoms with Crippen LogP contribution in [0.2, 0.25) is 0 Å². The molecule has 1 aliphatic heterocycles. The second-order valence-corrected chi connectivity index (χ2v) is 5.85. The Labute approximate surface area is 122 Å². The molecule has 0 aliphatic carbocycles. The van der Waals surface area contributed by atoms with Crippen molar-refractivity contribution in [2.24, 2.45) is 0 Å². The number of amides is 1. The zero-order valence-corrected chi connectivity index (χ0v) is 11.9. The molecule has 0 saturated carbocycles. The largest absolute Gasteiger partial charge is 0.368 e. The third-order valence-corrected chi connectivity index (χ3v) is 4.41. The number of hydrogen-bond acceptors (Lipinski definition) is 3. The molecule has 1 amide bonds. The fourth-order valence-electron chi connectivity index (χ4n) is 2.44. The van der Waals surface area contributed by atoms with E-state index in [2.05, 4.69) is 11.4 Å². The minimum atomic E-state index is -0.291. The third-order valence-electron chi connectivity index (χ3n) is 3.47. The molecule has 104 valence electrons. The summed E-state index contributed by atoms with van der Waals surface area (Å²) in [6.07, 6.45) is 1.49. The maximum atomic E-state index is 12.3. The first kappa shape index (κ1) is 13.3. The van der Waals surface area contributed by atoms with E-state index in [4.69, 9.17) is 4.74 Å². The molecular weight excluding hydrogens is 270 g/mol. The Balaban J connectivity index is 1.81. The first-order valence-electron chi connectivity index (χ1n) is 6.85. The molecule has 2 atom stereocenters. The summed E-state index contributed by atoms with van der Waals surface area (Å²) < 4.78 is 5.46. The van der Waals surface area contributed by atoms with Gasteiger partial charge in [-0.25, -0.2) is 0 Å². The van der Waals surface area contributed by atoms with Crippen molar-refractivity contribution in [1.29, 1.82) is 0 Å². The van der Waals surface area contributed by atoms with E-state index in [-0.39, 0.29) is 18.1 Å². The summed E-state index contributed by atoms with van der Waals surface area (Å²) in [6, 6.07) is 14.0. The van der Waals surface area contributed by atoms with Crippen LogP contribution in [0, 0.1) is 0 Å². The van der Waals surface area contributed by atoms with Crippen LogP contribution in [0.3, 0.4) is 0 Å². The molecule has 0 radical (unpaired) electrons. The highest BCUT2D eigenvalue weighted by atomic mass is 32.1. The van der Waals surface area contributed by atoms with Crippen LogP contribution in [0.15, 0.2) is 47.8 Å². The molecular formula is C16H17NO2S. The Morgan fingerprint density at radius 2 is 2.10 bits per heavy atom. The minimum absolute atomic E-state index is 0.00949. The number of nitrogens with one attached hydrogen (secondary N) is 1. The standard InChI is InChI=1S/C16H17NO2S/c18-16(13-8-4-10-19-13)17-15(14-9-5-11-20-14)12-6-2-1-3-7-12/h1-3,5-7,9,11,13,15H,4,8,10H2,(H,17,18)/t13-,15-/m1/s1. The first-order valence-corrected chi connectivity index (χ1v) is 7.73. The quantitative estimate of drug-likeness (QED) is 0.938. The lowest BCUT2D eigenvalue weighted by molar-refractivity contribution is -0.130. The van der Waals surface area contributed by atoms with E-state index >= 15 is 0 Å². The number of hydrogen-bond donors (Lipinski definition) is 1. The van der Waals surface area contributed by atoms with E-state index in [1.807, 2.05) is 41.8 Å². The van der Waals surface area contributed by atoms with Gasteiger partial charge in [0.05, 0.1) is 6.04 Å². The van der Waals surface area contributed by atoms with Crippen molar-refractivity contribution in [1.82, 2.24) is 5.32 Å². The highest BCUT2D eigenvalue weighted by Crippen LogP contribution is 2.26. The zero-order chi connectivity index (χ0) is 13.8. The van der Waals surface area contributed by atoms with E-state index < -0.39 is 0 Å². The minimum Gasteiger partial charge on any atom is -0.368 e. The van der Waals surface area contributed by atoms with E-state index in [0.29, 0.717) is 6.61 Å². The topological polar surface area (TPSA) is 38.3 Å². The van der Waals surface area contributed by atoms with Crippen LogP contribution in [-0.4, -0.2) is 18.6 Å². The SMILES string of the molecule is O=C(N[C@H](c1ccccc1)c1cccs1)[C@H]1CCCO1. The van der Waals surface area contributed by atoms with E-state index in [0.717, 1.165) is 23.3 Å². The summed E-state index contributed by atoms with van der Waals surface area (Å²) in [6.45, 7) is 0.688. The van der Waals surface area contributed by atoms with Gasteiger partial charge in [-0.3, -0.25) is 4.79 Å². The Morgan fingerprint density at radius 1 is 1.25 bits per heavy atom. The molecule has 1 aliphatic rings. The van der Waals surface area contributed by atoms with Crippen molar-refractivity contribution in [3.05, 3.63) is 58.3 Å². The molecule has 1 fully saturated rings. The summed E-state index contributed by atoms with van der Waals surface area (Å²) in [5, 5.41) is 5.16. The lowest BCUT2D eigenvalue weighted by atomic mass is 10.0. The van der Waals surface area contributed by atoms with Crippen molar-refractivity contribution in [2.45, 2.75) is 25.0 Å². The van der Waals surface area contributed by atoms with Crippen LogP contribution in [-0.2, 0) is 9.53 Å². The first-order chi connectivity index (χ1) is 9.84. The predicted octanol–water partition coefficient (Wildman–Crippen LogP) is 3.13. The molecule has 2 aromatic rings. The van der Waals surface area contributed by atoms with Gasteiger partial charge in [-0.1, -0.05) is 36.4 Å². The Hall–Kier alpha value is -1.65. The van der Waals surface area contributed by atoms with E-state index in [9.17, 15) is 4.79 Å². The normalized spacial score (nSPS) is 19.7. The van der Waals surface area contributed by atoms with Gasteiger partial charge in [0, 0.05) is 11.5 Å². The number of carbonyl (C=O) groups excluding carboxylic acids is 1. The maximum Gasteiger partial charge on any atom is 0.249 e. The molecule has 1 N–H and O–H groups in total. The summed E-state index contributed by atoms with van der Waals surface area (Å²) in [4.78, 5) is 13.4. The summed E-state index contributed by atoms with van der Waals surface area (Å²) in [5.41, 5.74) is 1.10. The maximum absolute atomic E-state index is 12.3. The molecule has 20 heavy (non-hydrogen) atoms. The van der Waals surface area contributed by atoms with Crippen LogP contribution in [0.1, 0.15) is 29.3 Å².